The number of aromatic nitrogens is 1. The van der Waals surface area contributed by atoms with Crippen LogP contribution < -0.4 is 10.6 Å². The number of nitrogens with one attached hydrogen (secondary N) is 2. The van der Waals surface area contributed by atoms with Crippen LogP contribution in [0.5, 0.6) is 0 Å². The van der Waals surface area contributed by atoms with Crippen molar-refractivity contribution in [2.24, 2.45) is 0 Å². The van der Waals surface area contributed by atoms with Crippen molar-refractivity contribution in [3.05, 3.63) is 46.7 Å². The summed E-state index contributed by atoms with van der Waals surface area (Å²) in [5, 5.41) is 16.9. The lowest BCUT2D eigenvalue weighted by atomic mass is 10.1. The topological polar surface area (TPSA) is 74.2 Å². The maximum absolute atomic E-state index is 13.3. The Morgan fingerprint density at radius 1 is 1.52 bits per heavy atom. The lowest BCUT2D eigenvalue weighted by Crippen LogP contribution is -2.37. The van der Waals surface area contributed by atoms with E-state index >= 15 is 0 Å². The van der Waals surface area contributed by atoms with Gasteiger partial charge in [-0.3, -0.25) is 4.98 Å². The summed E-state index contributed by atoms with van der Waals surface area (Å²) in [5.74, 6) is -0.598. The number of pyridine rings is 1. The minimum absolute atomic E-state index is 0.0634. The molecular weight excluding hydrogens is 293 g/mol. The van der Waals surface area contributed by atoms with Crippen molar-refractivity contribution in [3.63, 3.8) is 0 Å². The van der Waals surface area contributed by atoms with Gasteiger partial charge in [-0.05, 0) is 30.9 Å². The number of anilines is 1. The number of nitrogens with zero attached hydrogens (tertiary/aromatic N) is 1. The summed E-state index contributed by atoms with van der Waals surface area (Å²) in [7, 11) is 0. The van der Waals surface area contributed by atoms with Crippen LogP contribution in [0.25, 0.3) is 0 Å². The van der Waals surface area contributed by atoms with Crippen LogP contribution in [-0.2, 0) is 0 Å². The highest BCUT2D eigenvalue weighted by molar-refractivity contribution is 7.10. The molecule has 0 aromatic carbocycles. The van der Waals surface area contributed by atoms with E-state index < -0.39 is 18.0 Å². The maximum Gasteiger partial charge on any atom is 0.319 e. The molecule has 0 saturated carbocycles. The van der Waals surface area contributed by atoms with Gasteiger partial charge in [0, 0.05) is 17.1 Å². The second kappa shape index (κ2) is 7.14. The van der Waals surface area contributed by atoms with Crippen LogP contribution in [0.3, 0.4) is 0 Å². The summed E-state index contributed by atoms with van der Waals surface area (Å²) < 4.78 is 13.3. The van der Waals surface area contributed by atoms with Crippen molar-refractivity contribution in [2.45, 2.75) is 25.5 Å². The van der Waals surface area contributed by atoms with Gasteiger partial charge in [0.1, 0.15) is 0 Å². The molecule has 0 radical (unpaired) electrons. The number of aliphatic hydroxyl groups excluding tert-OH is 1. The predicted molar refractivity (Wildman–Crippen MR) is 79.7 cm³/mol. The van der Waals surface area contributed by atoms with E-state index in [1.807, 2.05) is 17.5 Å². The molecule has 21 heavy (non-hydrogen) atoms. The Kier molecular flexibility index (Phi) is 5.24. The van der Waals surface area contributed by atoms with E-state index in [0.29, 0.717) is 6.42 Å². The Balaban J connectivity index is 1.83. The normalized spacial score (nSPS) is 13.5. The zero-order valence-electron chi connectivity index (χ0n) is 11.4. The highest BCUT2D eigenvalue weighted by Gasteiger charge is 2.15. The van der Waals surface area contributed by atoms with E-state index in [4.69, 9.17) is 0 Å². The summed E-state index contributed by atoms with van der Waals surface area (Å²) >= 11 is 1.46. The average molecular weight is 309 g/mol. The van der Waals surface area contributed by atoms with E-state index in [9.17, 15) is 14.3 Å². The molecule has 0 bridgehead atoms. The number of carbonyl (C=O) groups excluding carboxylic acids is 1. The highest BCUT2D eigenvalue weighted by atomic mass is 32.1. The van der Waals surface area contributed by atoms with Gasteiger partial charge in [-0.2, -0.15) is 0 Å². The summed E-state index contributed by atoms with van der Waals surface area (Å²) in [6, 6.07) is 4.30. The van der Waals surface area contributed by atoms with Gasteiger partial charge in [0.2, 0.25) is 0 Å². The van der Waals surface area contributed by atoms with Gasteiger partial charge in [-0.15, -0.1) is 11.3 Å². The quantitative estimate of drug-likeness (QED) is 0.795. The Morgan fingerprint density at radius 2 is 2.33 bits per heavy atom. The van der Waals surface area contributed by atoms with E-state index in [0.717, 1.165) is 11.1 Å². The smallest absolute Gasteiger partial charge is 0.319 e. The number of rotatable bonds is 5. The molecule has 7 heteroatoms. The first kappa shape index (κ1) is 15.4. The first-order valence-corrected chi connectivity index (χ1v) is 7.32. The van der Waals surface area contributed by atoms with Gasteiger partial charge in [0.05, 0.1) is 18.0 Å². The Morgan fingerprint density at radius 3 is 3.00 bits per heavy atom. The Bertz CT molecular complexity index is 592. The molecule has 5 nitrogen and oxygen atoms in total. The van der Waals surface area contributed by atoms with E-state index in [-0.39, 0.29) is 11.7 Å². The fourth-order valence-electron chi connectivity index (χ4n) is 1.85. The van der Waals surface area contributed by atoms with Crippen LogP contribution in [0.2, 0.25) is 0 Å². The van der Waals surface area contributed by atoms with E-state index in [2.05, 4.69) is 15.6 Å². The number of halogens is 1. The fraction of sp³-hybridized carbons (Fsp3) is 0.286. The molecule has 2 atom stereocenters. The van der Waals surface area contributed by atoms with Crippen molar-refractivity contribution in [1.29, 1.82) is 0 Å². The van der Waals surface area contributed by atoms with Crippen LogP contribution in [0.1, 0.15) is 24.3 Å². The number of hydrogen-bond donors (Lipinski definition) is 3. The highest BCUT2D eigenvalue weighted by Crippen LogP contribution is 2.22. The van der Waals surface area contributed by atoms with Gasteiger partial charge < -0.3 is 15.7 Å². The summed E-state index contributed by atoms with van der Waals surface area (Å²) in [6.07, 6.45) is 2.17. The molecule has 0 spiro atoms. The molecule has 0 aliphatic rings. The van der Waals surface area contributed by atoms with E-state index in [1.165, 1.54) is 23.6 Å². The van der Waals surface area contributed by atoms with Gasteiger partial charge in [-0.1, -0.05) is 6.07 Å². The van der Waals surface area contributed by atoms with Crippen LogP contribution in [-0.4, -0.2) is 22.2 Å². The molecule has 2 aromatic rings. The summed E-state index contributed by atoms with van der Waals surface area (Å²) in [5.41, 5.74) is 0.0634. The third kappa shape index (κ3) is 4.51. The largest absolute Gasteiger partial charge is 0.387 e. The molecule has 112 valence electrons. The number of hydrogen-bond acceptors (Lipinski definition) is 4. The minimum Gasteiger partial charge on any atom is -0.387 e. The average Bonchev–Trinajstić information content (AvgIpc) is 2.95. The van der Waals surface area contributed by atoms with Crippen LogP contribution in [0.15, 0.2) is 36.0 Å². The molecule has 0 saturated heterocycles. The number of urea groups is 1. The zero-order valence-corrected chi connectivity index (χ0v) is 12.2. The van der Waals surface area contributed by atoms with Gasteiger partial charge in [0.25, 0.3) is 0 Å². The zero-order chi connectivity index (χ0) is 15.2. The number of carbonyl (C=O) groups is 1. The van der Waals surface area contributed by atoms with Crippen molar-refractivity contribution in [2.75, 3.05) is 5.32 Å². The molecule has 0 unspecified atom stereocenters. The second-order valence-corrected chi connectivity index (χ2v) is 5.60. The first-order valence-electron chi connectivity index (χ1n) is 6.44. The molecule has 2 heterocycles. The van der Waals surface area contributed by atoms with Crippen molar-refractivity contribution in [1.82, 2.24) is 10.3 Å². The summed E-state index contributed by atoms with van der Waals surface area (Å²) in [4.78, 5) is 16.2. The molecule has 2 rings (SSSR count). The molecule has 2 aromatic heterocycles. The fourth-order valence-corrected chi connectivity index (χ4v) is 2.57. The summed E-state index contributed by atoms with van der Waals surface area (Å²) in [6.45, 7) is 1.78. The lowest BCUT2D eigenvalue weighted by molar-refractivity contribution is 0.158. The van der Waals surface area contributed by atoms with Crippen LogP contribution in [0, 0.1) is 5.82 Å². The number of aliphatic hydroxyl groups is 1. The minimum atomic E-state index is -0.627. The molecule has 0 aliphatic carbocycles. The molecule has 0 fully saturated rings. The first-order chi connectivity index (χ1) is 10.1. The SMILES string of the molecule is C[C@@H](C[C@H](O)c1cccs1)NC(=O)Nc1ccncc1F. The third-order valence-corrected chi connectivity index (χ3v) is 3.82. The molecule has 0 aliphatic heterocycles. The van der Waals surface area contributed by atoms with Crippen molar-refractivity contribution < 1.29 is 14.3 Å². The third-order valence-electron chi connectivity index (χ3n) is 2.85. The number of thiophene rings is 1. The van der Waals surface area contributed by atoms with Gasteiger partial charge in [0.15, 0.2) is 5.82 Å². The number of amides is 2. The Labute approximate surface area is 125 Å². The lowest BCUT2D eigenvalue weighted by Gasteiger charge is -2.17. The standard InChI is InChI=1S/C14H16FN3O2S/c1-9(7-12(19)13-3-2-6-21-13)17-14(20)18-11-4-5-16-8-10(11)15/h2-6,8-9,12,19H,7H2,1H3,(H2,16,17,18,20)/t9-,12-/m0/s1. The second-order valence-electron chi connectivity index (χ2n) is 4.62. The van der Waals surface area contributed by atoms with Crippen molar-refractivity contribution >= 4 is 23.1 Å². The van der Waals surface area contributed by atoms with Crippen LogP contribution >= 0.6 is 11.3 Å². The van der Waals surface area contributed by atoms with Gasteiger partial charge >= 0.3 is 6.03 Å². The predicted octanol–water partition coefficient (Wildman–Crippen LogP) is 2.92. The molecular formula is C14H16FN3O2S. The molecule has 2 amide bonds. The monoisotopic (exact) mass is 309 g/mol. The molecule has 3 N–H and O–H groups in total. The maximum atomic E-state index is 13.3. The van der Waals surface area contributed by atoms with E-state index in [1.54, 1.807) is 6.92 Å². The Hall–Kier alpha value is -1.99. The van der Waals surface area contributed by atoms with Gasteiger partial charge in [-0.25, -0.2) is 9.18 Å². The van der Waals surface area contributed by atoms with Crippen LogP contribution in [0.4, 0.5) is 14.9 Å². The van der Waals surface area contributed by atoms with Crippen molar-refractivity contribution in [3.8, 4) is 0 Å².